The van der Waals surface area contributed by atoms with Crippen LogP contribution in [0, 0.1) is 0 Å². The number of rotatable bonds is 3. The normalized spacial score (nSPS) is 11.8. The van der Waals surface area contributed by atoms with Crippen LogP contribution in [0.5, 0.6) is 0 Å². The maximum atomic E-state index is 11.7. The molecule has 1 heterocycles. The van der Waals surface area contributed by atoms with E-state index in [0.717, 1.165) is 15.5 Å². The molecule has 0 bridgehead atoms. The van der Waals surface area contributed by atoms with E-state index in [1.807, 2.05) is 12.1 Å². The first-order valence-corrected chi connectivity index (χ1v) is 6.30. The highest BCUT2D eigenvalue weighted by atomic mass is 79.9. The highest BCUT2D eigenvalue weighted by Crippen LogP contribution is 2.24. The van der Waals surface area contributed by atoms with Crippen molar-refractivity contribution in [3.63, 3.8) is 0 Å². The lowest BCUT2D eigenvalue weighted by atomic mass is 10.1. The SMILES string of the molecule is CC(C)(O)CC(=O)Nc1ccc2n[nH]c(Br)c2c1. The molecule has 1 aromatic heterocycles. The average Bonchev–Trinajstić information content (AvgIpc) is 2.57. The Morgan fingerprint density at radius 2 is 2.28 bits per heavy atom. The Balaban J connectivity index is 2.17. The zero-order valence-electron chi connectivity index (χ0n) is 10.1. The number of benzene rings is 1. The Morgan fingerprint density at radius 1 is 1.56 bits per heavy atom. The van der Waals surface area contributed by atoms with Gasteiger partial charge in [-0.3, -0.25) is 9.89 Å². The van der Waals surface area contributed by atoms with Crippen LogP contribution < -0.4 is 5.32 Å². The third kappa shape index (κ3) is 3.08. The van der Waals surface area contributed by atoms with Gasteiger partial charge in [0.1, 0.15) is 4.60 Å². The van der Waals surface area contributed by atoms with E-state index in [1.165, 1.54) is 0 Å². The largest absolute Gasteiger partial charge is 0.390 e. The molecule has 1 aromatic carbocycles. The summed E-state index contributed by atoms with van der Waals surface area (Å²) in [4.78, 5) is 11.7. The number of carbonyl (C=O) groups excluding carboxylic acids is 1. The van der Waals surface area contributed by atoms with Crippen LogP contribution in [0.2, 0.25) is 0 Å². The minimum atomic E-state index is -1.01. The van der Waals surface area contributed by atoms with E-state index in [-0.39, 0.29) is 12.3 Å². The fraction of sp³-hybridized carbons (Fsp3) is 0.333. The summed E-state index contributed by atoms with van der Waals surface area (Å²) in [6, 6.07) is 5.42. The summed E-state index contributed by atoms with van der Waals surface area (Å²) in [6.45, 7) is 3.20. The van der Waals surface area contributed by atoms with Crippen molar-refractivity contribution >= 4 is 38.4 Å². The van der Waals surface area contributed by atoms with Gasteiger partial charge in [0.05, 0.1) is 17.5 Å². The van der Waals surface area contributed by atoms with E-state index < -0.39 is 5.60 Å². The van der Waals surface area contributed by atoms with Crippen LogP contribution in [-0.4, -0.2) is 26.8 Å². The summed E-state index contributed by atoms with van der Waals surface area (Å²) in [5.74, 6) is -0.221. The van der Waals surface area contributed by atoms with Crippen LogP contribution >= 0.6 is 15.9 Å². The second kappa shape index (κ2) is 4.70. The topological polar surface area (TPSA) is 78.0 Å². The van der Waals surface area contributed by atoms with Crippen LogP contribution in [0.4, 0.5) is 5.69 Å². The van der Waals surface area contributed by atoms with Gasteiger partial charge < -0.3 is 10.4 Å². The number of amides is 1. The predicted molar refractivity (Wildman–Crippen MR) is 73.3 cm³/mol. The van der Waals surface area contributed by atoms with E-state index in [0.29, 0.717) is 5.69 Å². The van der Waals surface area contributed by atoms with Crippen molar-refractivity contribution in [3.8, 4) is 0 Å². The molecule has 0 saturated heterocycles. The molecule has 0 saturated carbocycles. The minimum Gasteiger partial charge on any atom is -0.390 e. The molecule has 0 spiro atoms. The standard InChI is InChI=1S/C12H14BrN3O2/c1-12(2,18)6-10(17)14-7-3-4-9-8(5-7)11(13)16-15-9/h3-5,18H,6H2,1-2H3,(H,14,17)(H,15,16). The zero-order valence-corrected chi connectivity index (χ0v) is 11.7. The van der Waals surface area contributed by atoms with E-state index in [4.69, 9.17) is 0 Å². The van der Waals surface area contributed by atoms with E-state index in [1.54, 1.807) is 19.9 Å². The monoisotopic (exact) mass is 311 g/mol. The van der Waals surface area contributed by atoms with Gasteiger partial charge in [0.2, 0.25) is 5.91 Å². The molecule has 0 aliphatic carbocycles. The number of halogens is 1. The number of nitrogens with one attached hydrogen (secondary N) is 2. The van der Waals surface area contributed by atoms with Gasteiger partial charge in [0, 0.05) is 11.1 Å². The maximum absolute atomic E-state index is 11.7. The lowest BCUT2D eigenvalue weighted by Gasteiger charge is -2.16. The van der Waals surface area contributed by atoms with Crippen molar-refractivity contribution in [2.24, 2.45) is 0 Å². The molecule has 6 heteroatoms. The van der Waals surface area contributed by atoms with Gasteiger partial charge in [-0.05, 0) is 48.0 Å². The van der Waals surface area contributed by atoms with Crippen molar-refractivity contribution in [1.29, 1.82) is 0 Å². The number of hydrogen-bond donors (Lipinski definition) is 3. The van der Waals surface area contributed by atoms with Crippen molar-refractivity contribution in [2.45, 2.75) is 25.9 Å². The Labute approximate surface area is 113 Å². The number of hydrogen-bond acceptors (Lipinski definition) is 3. The van der Waals surface area contributed by atoms with Crippen molar-refractivity contribution in [3.05, 3.63) is 22.8 Å². The van der Waals surface area contributed by atoms with Crippen LogP contribution in [0.1, 0.15) is 20.3 Å². The van der Waals surface area contributed by atoms with E-state index in [2.05, 4.69) is 31.4 Å². The molecule has 2 aromatic rings. The molecule has 0 fully saturated rings. The summed E-state index contributed by atoms with van der Waals surface area (Å²) < 4.78 is 0.774. The molecule has 0 radical (unpaired) electrons. The van der Waals surface area contributed by atoms with Gasteiger partial charge in [-0.25, -0.2) is 0 Å². The molecule has 0 atom stereocenters. The second-order valence-corrected chi connectivity index (χ2v) is 5.60. The fourth-order valence-electron chi connectivity index (χ4n) is 1.65. The van der Waals surface area contributed by atoms with Gasteiger partial charge in [-0.15, -0.1) is 0 Å². The first-order valence-electron chi connectivity index (χ1n) is 5.51. The van der Waals surface area contributed by atoms with Crippen molar-refractivity contribution in [1.82, 2.24) is 10.2 Å². The molecule has 0 aliphatic rings. The Bertz CT molecular complexity index is 587. The number of anilines is 1. The molecule has 0 aliphatic heterocycles. The highest BCUT2D eigenvalue weighted by Gasteiger charge is 2.18. The Morgan fingerprint density at radius 3 is 2.94 bits per heavy atom. The van der Waals surface area contributed by atoms with Crippen LogP contribution in [-0.2, 0) is 4.79 Å². The highest BCUT2D eigenvalue weighted by molar-refractivity contribution is 9.10. The maximum Gasteiger partial charge on any atom is 0.227 e. The minimum absolute atomic E-state index is 0.0532. The van der Waals surface area contributed by atoms with E-state index in [9.17, 15) is 9.90 Å². The smallest absolute Gasteiger partial charge is 0.227 e. The second-order valence-electron chi connectivity index (χ2n) is 4.81. The molecule has 18 heavy (non-hydrogen) atoms. The number of H-pyrrole nitrogens is 1. The Kier molecular flexibility index (Phi) is 3.41. The van der Waals surface area contributed by atoms with Gasteiger partial charge in [-0.2, -0.15) is 5.10 Å². The predicted octanol–water partition coefficient (Wildman–Crippen LogP) is 2.42. The molecule has 0 unspecified atom stereocenters. The number of carbonyl (C=O) groups is 1. The van der Waals surface area contributed by atoms with E-state index >= 15 is 0 Å². The van der Waals surface area contributed by atoms with Gasteiger partial charge in [0.15, 0.2) is 0 Å². The van der Waals surface area contributed by atoms with Crippen molar-refractivity contribution in [2.75, 3.05) is 5.32 Å². The number of nitrogens with zero attached hydrogens (tertiary/aromatic N) is 1. The summed E-state index contributed by atoms with van der Waals surface area (Å²) in [7, 11) is 0. The summed E-state index contributed by atoms with van der Waals surface area (Å²) in [5.41, 5.74) is 0.492. The first-order chi connectivity index (χ1) is 8.35. The summed E-state index contributed by atoms with van der Waals surface area (Å²) in [6.07, 6.45) is 0.0532. The molecule has 5 nitrogen and oxygen atoms in total. The van der Waals surface area contributed by atoms with Crippen LogP contribution in [0.3, 0.4) is 0 Å². The number of aromatic nitrogens is 2. The number of aliphatic hydroxyl groups is 1. The first kappa shape index (κ1) is 13.0. The average molecular weight is 312 g/mol. The third-order valence-corrected chi connectivity index (χ3v) is 2.99. The molecule has 2 rings (SSSR count). The molecule has 3 N–H and O–H groups in total. The summed E-state index contributed by atoms with van der Waals surface area (Å²) >= 11 is 3.35. The lowest BCUT2D eigenvalue weighted by Crippen LogP contribution is -2.27. The molecular formula is C12H14BrN3O2. The van der Waals surface area contributed by atoms with Gasteiger partial charge in [-0.1, -0.05) is 0 Å². The zero-order chi connectivity index (χ0) is 13.3. The summed E-state index contributed by atoms with van der Waals surface area (Å²) in [5, 5.41) is 20.1. The Hall–Kier alpha value is -1.40. The fourth-order valence-corrected chi connectivity index (χ4v) is 2.06. The van der Waals surface area contributed by atoms with Gasteiger partial charge >= 0.3 is 0 Å². The third-order valence-electron chi connectivity index (χ3n) is 2.38. The quantitative estimate of drug-likeness (QED) is 0.814. The van der Waals surface area contributed by atoms with Crippen molar-refractivity contribution < 1.29 is 9.90 Å². The van der Waals surface area contributed by atoms with Crippen LogP contribution in [0.25, 0.3) is 10.9 Å². The number of fused-ring (bicyclic) bond motifs is 1. The van der Waals surface area contributed by atoms with Gasteiger partial charge in [0.25, 0.3) is 0 Å². The lowest BCUT2D eigenvalue weighted by molar-refractivity contribution is -0.119. The molecular weight excluding hydrogens is 298 g/mol. The molecule has 1 amide bonds. The number of aromatic amines is 1. The molecule has 96 valence electrons. The van der Waals surface area contributed by atoms with Crippen LogP contribution in [0.15, 0.2) is 22.8 Å².